The molecule has 0 amide bonds. The fourth-order valence-electron chi connectivity index (χ4n) is 1.71. The van der Waals surface area contributed by atoms with Crippen molar-refractivity contribution in [3.8, 4) is 0 Å². The molecule has 2 atom stereocenters. The Morgan fingerprint density at radius 2 is 1.92 bits per heavy atom. The highest BCUT2D eigenvalue weighted by Crippen LogP contribution is 2.31. The number of rotatable bonds is 1. The Labute approximate surface area is 74.3 Å². The van der Waals surface area contributed by atoms with Crippen LogP contribution in [0.2, 0.25) is 0 Å². The molecule has 12 heavy (non-hydrogen) atoms. The lowest BCUT2D eigenvalue weighted by Gasteiger charge is -2.29. The minimum Gasteiger partial charge on any atom is -0.302 e. The summed E-state index contributed by atoms with van der Waals surface area (Å²) in [5, 5.41) is 0. The van der Waals surface area contributed by atoms with Gasteiger partial charge in [0.2, 0.25) is 0 Å². The van der Waals surface area contributed by atoms with Gasteiger partial charge in [0.25, 0.3) is 0 Å². The maximum absolute atomic E-state index is 13.8. The largest absolute Gasteiger partial charge is 0.302 e. The van der Waals surface area contributed by atoms with Crippen LogP contribution in [0.4, 0.5) is 4.39 Å². The van der Waals surface area contributed by atoms with Crippen molar-refractivity contribution >= 4 is 0 Å². The Balaban J connectivity index is 2.76. The van der Waals surface area contributed by atoms with Crippen LogP contribution in [0.1, 0.15) is 13.8 Å². The van der Waals surface area contributed by atoms with Crippen LogP contribution in [0.3, 0.4) is 0 Å². The molecule has 1 fully saturated rings. The van der Waals surface area contributed by atoms with Crippen molar-refractivity contribution in [1.29, 1.82) is 0 Å². The van der Waals surface area contributed by atoms with Crippen LogP contribution in [-0.2, 0) is 0 Å². The first-order valence-corrected chi connectivity index (χ1v) is 4.39. The van der Waals surface area contributed by atoms with E-state index < -0.39 is 6.17 Å². The van der Waals surface area contributed by atoms with E-state index in [-0.39, 0.29) is 11.6 Å². The lowest BCUT2D eigenvalue weighted by Crippen LogP contribution is -2.43. The molecule has 0 radical (unpaired) electrons. The maximum Gasteiger partial charge on any atom is 0.134 e. The van der Waals surface area contributed by atoms with E-state index >= 15 is 0 Å². The van der Waals surface area contributed by atoms with Gasteiger partial charge < -0.3 is 4.90 Å². The van der Waals surface area contributed by atoms with Crippen molar-refractivity contribution in [1.82, 2.24) is 9.80 Å². The van der Waals surface area contributed by atoms with Crippen molar-refractivity contribution in [2.45, 2.75) is 31.6 Å². The van der Waals surface area contributed by atoms with E-state index in [9.17, 15) is 4.39 Å². The van der Waals surface area contributed by atoms with E-state index in [0.717, 1.165) is 6.54 Å². The highest BCUT2D eigenvalue weighted by atomic mass is 19.1. The molecule has 1 saturated heterocycles. The minimum absolute atomic E-state index is 0.0463. The van der Waals surface area contributed by atoms with Crippen LogP contribution in [0.15, 0.2) is 0 Å². The normalized spacial score (nSPS) is 36.2. The lowest BCUT2D eigenvalue weighted by molar-refractivity contribution is 0.116. The van der Waals surface area contributed by atoms with Gasteiger partial charge in [0, 0.05) is 12.1 Å². The molecule has 1 aliphatic rings. The monoisotopic (exact) mass is 174 g/mol. The van der Waals surface area contributed by atoms with Gasteiger partial charge in [-0.2, -0.15) is 0 Å². The molecule has 0 aromatic rings. The van der Waals surface area contributed by atoms with E-state index in [1.807, 2.05) is 39.9 Å². The Kier molecular flexibility index (Phi) is 2.45. The van der Waals surface area contributed by atoms with Crippen molar-refractivity contribution in [2.24, 2.45) is 0 Å². The molecule has 0 bridgehead atoms. The second kappa shape index (κ2) is 2.96. The summed E-state index contributed by atoms with van der Waals surface area (Å²) < 4.78 is 13.8. The van der Waals surface area contributed by atoms with Gasteiger partial charge >= 0.3 is 0 Å². The molecule has 2 nitrogen and oxygen atoms in total. The second-order valence-corrected chi connectivity index (χ2v) is 4.47. The Morgan fingerprint density at radius 1 is 1.42 bits per heavy atom. The molecule has 0 N–H and O–H groups in total. The van der Waals surface area contributed by atoms with Crippen molar-refractivity contribution < 1.29 is 4.39 Å². The van der Waals surface area contributed by atoms with Gasteiger partial charge in [-0.1, -0.05) is 0 Å². The number of alkyl halides is 1. The summed E-state index contributed by atoms with van der Waals surface area (Å²) in [6, 6.07) is 0.0463. The molecule has 0 aromatic heterocycles. The number of halogens is 1. The zero-order valence-electron chi connectivity index (χ0n) is 8.63. The van der Waals surface area contributed by atoms with Gasteiger partial charge in [-0.05, 0) is 35.0 Å². The number of likely N-dealkylation sites (tertiary alicyclic amines) is 1. The summed E-state index contributed by atoms with van der Waals surface area (Å²) >= 11 is 0. The highest BCUT2D eigenvalue weighted by molar-refractivity contribution is 5.02. The molecule has 0 aromatic carbocycles. The molecule has 3 heteroatoms. The van der Waals surface area contributed by atoms with Crippen LogP contribution < -0.4 is 0 Å². The summed E-state index contributed by atoms with van der Waals surface area (Å²) in [5.41, 5.74) is -0.311. The molecule has 72 valence electrons. The van der Waals surface area contributed by atoms with Gasteiger partial charge in [-0.3, -0.25) is 4.90 Å². The van der Waals surface area contributed by atoms with Gasteiger partial charge in [-0.25, -0.2) is 4.39 Å². The fourth-order valence-corrected chi connectivity index (χ4v) is 1.71. The predicted molar refractivity (Wildman–Crippen MR) is 49.1 cm³/mol. The van der Waals surface area contributed by atoms with Gasteiger partial charge in [0.15, 0.2) is 0 Å². The summed E-state index contributed by atoms with van der Waals surface area (Å²) in [6.07, 6.45) is -0.752. The second-order valence-electron chi connectivity index (χ2n) is 4.47. The third kappa shape index (κ3) is 1.36. The average molecular weight is 174 g/mol. The molecule has 1 heterocycles. The first-order chi connectivity index (χ1) is 5.37. The van der Waals surface area contributed by atoms with E-state index in [2.05, 4.69) is 4.90 Å². The minimum atomic E-state index is -0.752. The molecule has 1 aliphatic heterocycles. The molecule has 1 rings (SSSR count). The van der Waals surface area contributed by atoms with Crippen LogP contribution in [0.25, 0.3) is 0 Å². The van der Waals surface area contributed by atoms with Crippen LogP contribution in [0.5, 0.6) is 0 Å². The quantitative estimate of drug-likeness (QED) is 0.584. The summed E-state index contributed by atoms with van der Waals surface area (Å²) in [7, 11) is 5.86. The van der Waals surface area contributed by atoms with E-state index in [4.69, 9.17) is 0 Å². The lowest BCUT2D eigenvalue weighted by atomic mass is 9.98. The Bertz CT molecular complexity index is 168. The zero-order valence-corrected chi connectivity index (χ0v) is 8.63. The third-order valence-electron chi connectivity index (χ3n) is 3.12. The van der Waals surface area contributed by atoms with Crippen LogP contribution >= 0.6 is 0 Å². The third-order valence-corrected chi connectivity index (χ3v) is 3.12. The number of hydrogen-bond donors (Lipinski definition) is 0. The number of likely N-dealkylation sites (N-methyl/N-ethyl adjacent to an activating group) is 2. The SMILES string of the molecule is CN(C)[C@@H]1CN(C)C(C)(C)C1F. The van der Waals surface area contributed by atoms with Gasteiger partial charge in [-0.15, -0.1) is 0 Å². The summed E-state index contributed by atoms with van der Waals surface area (Å²) in [6.45, 7) is 4.74. The van der Waals surface area contributed by atoms with Crippen LogP contribution in [0, 0.1) is 0 Å². The molecule has 0 spiro atoms. The average Bonchev–Trinajstić information content (AvgIpc) is 2.13. The van der Waals surface area contributed by atoms with Crippen molar-refractivity contribution in [2.75, 3.05) is 27.7 Å². The van der Waals surface area contributed by atoms with E-state index in [1.165, 1.54) is 0 Å². The van der Waals surface area contributed by atoms with E-state index in [0.29, 0.717) is 0 Å². The smallest absolute Gasteiger partial charge is 0.134 e. The summed E-state index contributed by atoms with van der Waals surface area (Å²) in [4.78, 5) is 4.05. The number of hydrogen-bond acceptors (Lipinski definition) is 2. The standard InChI is InChI=1S/C9H19FN2/c1-9(2)8(10)7(11(3)4)6-12(9)5/h7-8H,6H2,1-5H3/t7-,8?/m1/s1. The maximum atomic E-state index is 13.8. The predicted octanol–water partition coefficient (Wildman–Crippen LogP) is 0.979. The molecular weight excluding hydrogens is 155 g/mol. The molecule has 0 aliphatic carbocycles. The Morgan fingerprint density at radius 3 is 2.08 bits per heavy atom. The highest BCUT2D eigenvalue weighted by Gasteiger charge is 2.47. The van der Waals surface area contributed by atoms with E-state index in [1.54, 1.807) is 0 Å². The fraction of sp³-hybridized carbons (Fsp3) is 1.00. The van der Waals surface area contributed by atoms with Crippen molar-refractivity contribution in [3.63, 3.8) is 0 Å². The molecule has 1 unspecified atom stereocenters. The Hall–Kier alpha value is -0.150. The molecular formula is C9H19FN2. The first-order valence-electron chi connectivity index (χ1n) is 4.39. The van der Waals surface area contributed by atoms with Crippen LogP contribution in [-0.4, -0.2) is 55.2 Å². The molecule has 0 saturated carbocycles. The summed E-state index contributed by atoms with van der Waals surface area (Å²) in [5.74, 6) is 0. The topological polar surface area (TPSA) is 6.48 Å². The zero-order chi connectivity index (χ0) is 9.52. The first kappa shape index (κ1) is 9.93. The number of nitrogens with zero attached hydrogens (tertiary/aromatic N) is 2. The van der Waals surface area contributed by atoms with Gasteiger partial charge in [0.1, 0.15) is 6.17 Å². The van der Waals surface area contributed by atoms with Crippen molar-refractivity contribution in [3.05, 3.63) is 0 Å². The van der Waals surface area contributed by atoms with Gasteiger partial charge in [0.05, 0.1) is 6.04 Å².